The second-order valence-corrected chi connectivity index (χ2v) is 7.77. The molecule has 1 atom stereocenters. The van der Waals surface area contributed by atoms with Gasteiger partial charge in [-0.15, -0.1) is 0 Å². The number of rotatable bonds is 5. The third-order valence-corrected chi connectivity index (χ3v) is 5.60. The first-order valence-corrected chi connectivity index (χ1v) is 12.0. The van der Waals surface area contributed by atoms with E-state index in [1.807, 2.05) is 20.8 Å². The highest BCUT2D eigenvalue weighted by Crippen LogP contribution is 2.32. The highest BCUT2D eigenvalue weighted by atomic mass is 16.3. The molecule has 7 heteroatoms. The van der Waals surface area contributed by atoms with Crippen molar-refractivity contribution >= 4 is 17.2 Å². The third-order valence-electron chi connectivity index (χ3n) is 5.60. The molecule has 0 aliphatic carbocycles. The fourth-order valence-electron chi connectivity index (χ4n) is 3.86. The van der Waals surface area contributed by atoms with Crippen LogP contribution in [0.4, 0.5) is 0 Å². The number of allylic oxidation sites excluding steroid dienone is 4. The lowest BCUT2D eigenvalue weighted by molar-refractivity contribution is -0.116. The molecule has 7 N–H and O–H groups in total. The molecule has 7 nitrogen and oxygen atoms in total. The fraction of sp³-hybridized carbons (Fsp3) is 0.481. The summed E-state index contributed by atoms with van der Waals surface area (Å²) < 4.78 is 0. The van der Waals surface area contributed by atoms with Crippen molar-refractivity contribution in [3.05, 3.63) is 60.2 Å². The number of amides is 1. The maximum atomic E-state index is 11.4. The zero-order valence-corrected chi connectivity index (χ0v) is 21.6. The Hall–Kier alpha value is -2.74. The molecular formula is C27H45N5O2. The SMILES string of the molecule is C1CNCC2(C1)CCNC2.C=C/C(=C\C(=O)NC)c1ccc(C(=N)/C=C\C)c(O)c1.CC.CN. The lowest BCUT2D eigenvalue weighted by Crippen LogP contribution is -2.41. The van der Waals surface area contributed by atoms with E-state index >= 15 is 0 Å². The number of phenolic OH excluding ortho intramolecular Hbond substituents is 1. The molecule has 1 amide bonds. The summed E-state index contributed by atoms with van der Waals surface area (Å²) in [6, 6.07) is 4.90. The quantitative estimate of drug-likeness (QED) is 0.222. The Morgan fingerprint density at radius 2 is 1.85 bits per heavy atom. The largest absolute Gasteiger partial charge is 0.507 e. The number of carbonyl (C=O) groups is 1. The molecule has 2 saturated heterocycles. The van der Waals surface area contributed by atoms with Crippen LogP contribution in [0.1, 0.15) is 51.2 Å². The van der Waals surface area contributed by atoms with Crippen molar-refractivity contribution in [3.63, 3.8) is 0 Å². The zero-order valence-electron chi connectivity index (χ0n) is 21.6. The summed E-state index contributed by atoms with van der Waals surface area (Å²) in [5.74, 6) is -0.250. The van der Waals surface area contributed by atoms with E-state index < -0.39 is 0 Å². The highest BCUT2D eigenvalue weighted by Gasteiger charge is 2.34. The molecule has 1 aromatic rings. The van der Waals surface area contributed by atoms with Crippen LogP contribution in [0.15, 0.2) is 49.1 Å². The van der Waals surface area contributed by atoms with E-state index in [-0.39, 0.29) is 17.4 Å². The Bertz CT molecular complexity index is 816. The average Bonchev–Trinajstić information content (AvgIpc) is 3.33. The molecule has 1 aromatic carbocycles. The van der Waals surface area contributed by atoms with Crippen molar-refractivity contribution < 1.29 is 9.90 Å². The lowest BCUT2D eigenvalue weighted by Gasteiger charge is -2.32. The summed E-state index contributed by atoms with van der Waals surface area (Å²) >= 11 is 0. The Morgan fingerprint density at radius 3 is 2.29 bits per heavy atom. The van der Waals surface area contributed by atoms with Gasteiger partial charge < -0.3 is 32.2 Å². The molecule has 2 aliphatic rings. The standard InChI is InChI=1S/C16H18N2O2.C8H16N2.C2H6.CH5N/c1-4-6-14(17)13-8-7-12(9-15(13)19)11(5-2)10-16(20)18-3;1-2-8(6-9-4-1)3-5-10-7-8;2*1-2/h4-10,17,19H,2H2,1,3H3,(H,18,20);9-10H,1-7H2;1-2H3;2H2,1H3/b6-4-,11-10+,17-14?;;;. The number of benzene rings is 1. The number of nitrogens with one attached hydrogen (secondary N) is 4. The van der Waals surface area contributed by atoms with E-state index in [0.29, 0.717) is 22.1 Å². The van der Waals surface area contributed by atoms with Crippen LogP contribution in [-0.4, -0.2) is 57.0 Å². The molecule has 0 radical (unpaired) electrons. The van der Waals surface area contributed by atoms with Crippen LogP contribution in [0.25, 0.3) is 5.57 Å². The molecule has 0 bridgehead atoms. The summed E-state index contributed by atoms with van der Waals surface area (Å²) in [7, 11) is 3.04. The predicted octanol–water partition coefficient (Wildman–Crippen LogP) is 3.60. The maximum absolute atomic E-state index is 11.4. The van der Waals surface area contributed by atoms with Gasteiger partial charge in [-0.1, -0.05) is 38.6 Å². The molecule has 3 rings (SSSR count). The van der Waals surface area contributed by atoms with Gasteiger partial charge in [-0.2, -0.15) is 0 Å². The van der Waals surface area contributed by atoms with E-state index in [4.69, 9.17) is 5.41 Å². The van der Waals surface area contributed by atoms with Crippen molar-refractivity contribution in [2.24, 2.45) is 11.1 Å². The van der Waals surface area contributed by atoms with Crippen molar-refractivity contribution in [3.8, 4) is 5.75 Å². The number of phenols is 1. The second-order valence-electron chi connectivity index (χ2n) is 7.77. The van der Waals surface area contributed by atoms with Crippen LogP contribution in [0.3, 0.4) is 0 Å². The van der Waals surface area contributed by atoms with Crippen molar-refractivity contribution in [1.82, 2.24) is 16.0 Å². The smallest absolute Gasteiger partial charge is 0.244 e. The second kappa shape index (κ2) is 17.7. The van der Waals surface area contributed by atoms with Gasteiger partial charge >= 0.3 is 0 Å². The van der Waals surface area contributed by atoms with E-state index in [0.717, 1.165) is 0 Å². The molecule has 1 spiro atoms. The van der Waals surface area contributed by atoms with Gasteiger partial charge in [0.1, 0.15) is 5.75 Å². The summed E-state index contributed by atoms with van der Waals surface area (Å²) in [6.07, 6.45) is 10.5. The van der Waals surface area contributed by atoms with Gasteiger partial charge in [-0.25, -0.2) is 0 Å². The molecule has 2 fully saturated rings. The summed E-state index contributed by atoms with van der Waals surface area (Å²) in [5, 5.41) is 27.2. The van der Waals surface area contributed by atoms with Crippen molar-refractivity contribution in [2.45, 2.75) is 40.0 Å². The van der Waals surface area contributed by atoms with Crippen LogP contribution >= 0.6 is 0 Å². The molecular weight excluding hydrogens is 426 g/mol. The van der Waals surface area contributed by atoms with Gasteiger partial charge in [-0.3, -0.25) is 4.79 Å². The number of piperidine rings is 1. The molecule has 1 unspecified atom stereocenters. The Labute approximate surface area is 206 Å². The molecule has 34 heavy (non-hydrogen) atoms. The lowest BCUT2D eigenvalue weighted by atomic mass is 9.80. The monoisotopic (exact) mass is 471 g/mol. The van der Waals surface area contributed by atoms with E-state index in [1.165, 1.54) is 64.6 Å². The number of hydrogen-bond donors (Lipinski definition) is 6. The maximum Gasteiger partial charge on any atom is 0.244 e. The highest BCUT2D eigenvalue weighted by molar-refractivity contribution is 6.08. The molecule has 0 aromatic heterocycles. The minimum Gasteiger partial charge on any atom is -0.507 e. The average molecular weight is 472 g/mol. The van der Waals surface area contributed by atoms with Crippen LogP contribution in [-0.2, 0) is 4.79 Å². The number of aromatic hydroxyl groups is 1. The normalized spacial score (nSPS) is 19.1. The topological polar surface area (TPSA) is 123 Å². The van der Waals surface area contributed by atoms with Crippen LogP contribution in [0.5, 0.6) is 5.75 Å². The van der Waals surface area contributed by atoms with Gasteiger partial charge in [0.2, 0.25) is 5.91 Å². The van der Waals surface area contributed by atoms with Crippen LogP contribution in [0, 0.1) is 10.8 Å². The first kappa shape index (κ1) is 31.3. The van der Waals surface area contributed by atoms with Crippen molar-refractivity contribution in [1.29, 1.82) is 5.41 Å². The zero-order chi connectivity index (χ0) is 26.0. The van der Waals surface area contributed by atoms with E-state index in [1.54, 1.807) is 37.4 Å². The number of hydrogen-bond acceptors (Lipinski definition) is 6. The van der Waals surface area contributed by atoms with E-state index in [9.17, 15) is 9.90 Å². The number of nitrogens with two attached hydrogens (primary N) is 1. The molecule has 190 valence electrons. The summed E-state index contributed by atoms with van der Waals surface area (Å²) in [5.41, 5.74) is 7.09. The first-order valence-electron chi connectivity index (χ1n) is 12.0. The number of likely N-dealkylation sites (N-methyl/N-ethyl adjacent to an activating group) is 1. The van der Waals surface area contributed by atoms with Crippen LogP contribution in [0.2, 0.25) is 0 Å². The van der Waals surface area contributed by atoms with Gasteiger partial charge in [0.15, 0.2) is 0 Å². The Kier molecular flexibility index (Phi) is 16.3. The predicted molar refractivity (Wildman–Crippen MR) is 145 cm³/mol. The van der Waals surface area contributed by atoms with Gasteiger partial charge in [0.25, 0.3) is 0 Å². The van der Waals surface area contributed by atoms with E-state index in [2.05, 4.69) is 28.3 Å². The third kappa shape index (κ3) is 10.0. The van der Waals surface area contributed by atoms with Crippen molar-refractivity contribution in [2.75, 3.05) is 40.3 Å². The molecule has 0 saturated carbocycles. The van der Waals surface area contributed by atoms with Gasteiger partial charge in [0.05, 0.1) is 5.71 Å². The summed E-state index contributed by atoms with van der Waals surface area (Å²) in [6.45, 7) is 14.4. The molecule has 2 aliphatic heterocycles. The van der Waals surface area contributed by atoms with Gasteiger partial charge in [0, 0.05) is 31.8 Å². The van der Waals surface area contributed by atoms with Gasteiger partial charge in [-0.05, 0) is 81.1 Å². The Balaban J connectivity index is 0.000000643. The fourth-order valence-corrected chi connectivity index (χ4v) is 3.86. The molecule has 2 heterocycles. The minimum atomic E-state index is -0.245. The Morgan fingerprint density at radius 1 is 1.21 bits per heavy atom. The summed E-state index contributed by atoms with van der Waals surface area (Å²) in [4.78, 5) is 11.4. The first-order chi connectivity index (χ1) is 16.4. The van der Waals surface area contributed by atoms with Crippen LogP contribution < -0.4 is 21.7 Å². The minimum absolute atomic E-state index is 0.00439. The number of carbonyl (C=O) groups excluding carboxylic acids is 1.